The van der Waals surface area contributed by atoms with Gasteiger partial charge in [0, 0.05) is 23.7 Å². The van der Waals surface area contributed by atoms with Crippen LogP contribution < -0.4 is 14.8 Å². The van der Waals surface area contributed by atoms with Crippen LogP contribution in [-0.4, -0.2) is 38.1 Å². The van der Waals surface area contributed by atoms with E-state index in [1.54, 1.807) is 0 Å². The predicted molar refractivity (Wildman–Crippen MR) is 108 cm³/mol. The highest BCUT2D eigenvalue weighted by Gasteiger charge is 2.13. The lowest BCUT2D eigenvalue weighted by atomic mass is 10.2. The summed E-state index contributed by atoms with van der Waals surface area (Å²) in [5.74, 6) is 1.11. The van der Waals surface area contributed by atoms with Crippen LogP contribution in [0.3, 0.4) is 0 Å². The second-order valence-corrected chi connectivity index (χ2v) is 6.55. The van der Waals surface area contributed by atoms with E-state index in [9.17, 15) is 0 Å². The topological polar surface area (TPSA) is 60.0 Å². The molecule has 0 spiro atoms. The summed E-state index contributed by atoms with van der Waals surface area (Å²) in [6.45, 7) is 4.92. The molecule has 0 unspecified atom stereocenters. The van der Waals surface area contributed by atoms with Crippen molar-refractivity contribution in [1.29, 1.82) is 0 Å². The van der Waals surface area contributed by atoms with Gasteiger partial charge in [0.15, 0.2) is 11.5 Å². The molecule has 2 rings (SSSR count). The van der Waals surface area contributed by atoms with Gasteiger partial charge in [-0.3, -0.25) is 0 Å². The Bertz CT molecular complexity index is 712. The molecule has 0 bridgehead atoms. The van der Waals surface area contributed by atoms with E-state index in [4.69, 9.17) is 42.5 Å². The minimum atomic E-state index is 0.0307. The number of rotatable bonds is 12. The zero-order chi connectivity index (χ0) is 19.5. The van der Waals surface area contributed by atoms with Crippen LogP contribution in [0.1, 0.15) is 18.1 Å². The molecule has 0 radical (unpaired) electrons. The van der Waals surface area contributed by atoms with Crippen molar-refractivity contribution < 1.29 is 19.3 Å². The SMILES string of the molecule is CCOc1cc(CNCCOCCO)cc(Cl)c1OCc1ccccc1Cl. The van der Waals surface area contributed by atoms with E-state index in [-0.39, 0.29) is 6.61 Å². The van der Waals surface area contributed by atoms with E-state index in [2.05, 4.69) is 5.32 Å². The summed E-state index contributed by atoms with van der Waals surface area (Å²) in [7, 11) is 0. The van der Waals surface area contributed by atoms with Crippen LogP contribution in [0.15, 0.2) is 36.4 Å². The minimum Gasteiger partial charge on any atom is -0.490 e. The summed E-state index contributed by atoms with van der Waals surface area (Å²) in [5.41, 5.74) is 1.86. The van der Waals surface area contributed by atoms with Crippen LogP contribution in [0, 0.1) is 0 Å². The van der Waals surface area contributed by atoms with Gasteiger partial charge in [0.2, 0.25) is 0 Å². The van der Waals surface area contributed by atoms with Gasteiger partial charge in [-0.05, 0) is 30.7 Å². The molecule has 27 heavy (non-hydrogen) atoms. The number of benzene rings is 2. The van der Waals surface area contributed by atoms with Crippen LogP contribution in [0.5, 0.6) is 11.5 Å². The Kier molecular flexibility index (Phi) is 9.73. The smallest absolute Gasteiger partial charge is 0.180 e. The van der Waals surface area contributed by atoms with Gasteiger partial charge in [-0.15, -0.1) is 0 Å². The molecule has 0 aromatic heterocycles. The third kappa shape index (κ3) is 7.20. The van der Waals surface area contributed by atoms with Crippen molar-refractivity contribution >= 4 is 23.2 Å². The highest BCUT2D eigenvalue weighted by molar-refractivity contribution is 6.32. The number of aliphatic hydroxyl groups excluding tert-OH is 1. The summed E-state index contributed by atoms with van der Waals surface area (Å²) in [4.78, 5) is 0. The normalized spacial score (nSPS) is 10.8. The number of aliphatic hydroxyl groups is 1. The Morgan fingerprint density at radius 1 is 1.04 bits per heavy atom. The average molecular weight is 414 g/mol. The minimum absolute atomic E-state index is 0.0307. The molecule has 148 valence electrons. The lowest BCUT2D eigenvalue weighted by Crippen LogP contribution is -2.20. The van der Waals surface area contributed by atoms with Gasteiger partial charge in [-0.1, -0.05) is 41.4 Å². The van der Waals surface area contributed by atoms with E-state index < -0.39 is 0 Å². The first-order valence-corrected chi connectivity index (χ1v) is 9.62. The lowest BCUT2D eigenvalue weighted by Gasteiger charge is -2.16. The zero-order valence-electron chi connectivity index (χ0n) is 15.3. The van der Waals surface area contributed by atoms with E-state index in [1.165, 1.54) is 0 Å². The first kappa shape index (κ1) is 21.8. The highest BCUT2D eigenvalue weighted by Crippen LogP contribution is 2.37. The number of nitrogens with one attached hydrogen (secondary N) is 1. The van der Waals surface area contributed by atoms with Crippen molar-refractivity contribution in [2.75, 3.05) is 33.0 Å². The van der Waals surface area contributed by atoms with E-state index in [0.29, 0.717) is 61.1 Å². The molecule has 0 atom stereocenters. The summed E-state index contributed by atoms with van der Waals surface area (Å²) in [5, 5.41) is 13.1. The Morgan fingerprint density at radius 3 is 2.59 bits per heavy atom. The lowest BCUT2D eigenvalue weighted by molar-refractivity contribution is 0.0938. The van der Waals surface area contributed by atoms with Gasteiger partial charge in [-0.2, -0.15) is 0 Å². The Morgan fingerprint density at radius 2 is 1.85 bits per heavy atom. The van der Waals surface area contributed by atoms with Crippen LogP contribution in [0.4, 0.5) is 0 Å². The number of hydrogen-bond donors (Lipinski definition) is 2. The summed E-state index contributed by atoms with van der Waals surface area (Å²) in [6.07, 6.45) is 0. The molecule has 0 amide bonds. The first-order chi connectivity index (χ1) is 13.2. The molecular formula is C20H25Cl2NO4. The van der Waals surface area contributed by atoms with Crippen molar-refractivity contribution in [2.24, 2.45) is 0 Å². The third-order valence-corrected chi connectivity index (χ3v) is 4.34. The standard InChI is InChI=1S/C20H25Cl2NO4/c1-2-26-19-12-15(13-23-7-9-25-10-8-24)11-18(22)20(19)27-14-16-5-3-4-6-17(16)21/h3-6,11-12,23-24H,2,7-10,13-14H2,1H3. The number of halogens is 2. The fraction of sp³-hybridized carbons (Fsp3) is 0.400. The molecule has 0 fully saturated rings. The molecule has 0 saturated carbocycles. The summed E-state index contributed by atoms with van der Waals surface area (Å²) < 4.78 is 16.8. The second kappa shape index (κ2) is 12.1. The van der Waals surface area contributed by atoms with Gasteiger partial charge < -0.3 is 24.6 Å². The zero-order valence-corrected chi connectivity index (χ0v) is 16.9. The maximum absolute atomic E-state index is 8.68. The molecule has 2 N–H and O–H groups in total. The maximum atomic E-state index is 8.68. The number of ether oxygens (including phenoxy) is 3. The van der Waals surface area contributed by atoms with Crippen molar-refractivity contribution in [3.8, 4) is 11.5 Å². The van der Waals surface area contributed by atoms with Crippen molar-refractivity contribution in [1.82, 2.24) is 5.32 Å². The van der Waals surface area contributed by atoms with E-state index >= 15 is 0 Å². The van der Waals surface area contributed by atoms with Gasteiger partial charge in [-0.25, -0.2) is 0 Å². The maximum Gasteiger partial charge on any atom is 0.180 e. The van der Waals surface area contributed by atoms with Gasteiger partial charge in [0.1, 0.15) is 6.61 Å². The molecule has 7 heteroatoms. The molecule has 0 saturated heterocycles. The predicted octanol–water partition coefficient (Wildman–Crippen LogP) is 4.07. The molecular weight excluding hydrogens is 389 g/mol. The fourth-order valence-corrected chi connectivity index (χ4v) is 2.91. The molecule has 2 aromatic rings. The Hall–Kier alpha value is -1.50. The van der Waals surface area contributed by atoms with Gasteiger partial charge in [0.05, 0.1) is 31.5 Å². The van der Waals surface area contributed by atoms with Gasteiger partial charge >= 0.3 is 0 Å². The molecule has 0 aliphatic carbocycles. The summed E-state index contributed by atoms with van der Waals surface area (Å²) >= 11 is 12.6. The fourth-order valence-electron chi connectivity index (χ4n) is 2.44. The van der Waals surface area contributed by atoms with E-state index in [0.717, 1.165) is 11.1 Å². The monoisotopic (exact) mass is 413 g/mol. The summed E-state index contributed by atoms with van der Waals surface area (Å²) in [6, 6.07) is 11.3. The largest absolute Gasteiger partial charge is 0.490 e. The third-order valence-electron chi connectivity index (χ3n) is 3.69. The van der Waals surface area contributed by atoms with E-state index in [1.807, 2.05) is 43.3 Å². The van der Waals surface area contributed by atoms with Crippen molar-refractivity contribution in [3.05, 3.63) is 57.6 Å². The number of hydrogen-bond acceptors (Lipinski definition) is 5. The van der Waals surface area contributed by atoms with Gasteiger partial charge in [0.25, 0.3) is 0 Å². The average Bonchev–Trinajstić information content (AvgIpc) is 2.65. The van der Waals surface area contributed by atoms with Crippen LogP contribution in [-0.2, 0) is 17.9 Å². The van der Waals surface area contributed by atoms with Crippen LogP contribution in [0.25, 0.3) is 0 Å². The molecule has 5 nitrogen and oxygen atoms in total. The van der Waals surface area contributed by atoms with Crippen molar-refractivity contribution in [2.45, 2.75) is 20.1 Å². The van der Waals surface area contributed by atoms with Crippen molar-refractivity contribution in [3.63, 3.8) is 0 Å². The molecule has 2 aromatic carbocycles. The molecule has 0 aliphatic rings. The first-order valence-electron chi connectivity index (χ1n) is 8.86. The van der Waals surface area contributed by atoms with Crippen LogP contribution in [0.2, 0.25) is 10.0 Å². The molecule has 0 aliphatic heterocycles. The quantitative estimate of drug-likeness (QED) is 0.513. The highest BCUT2D eigenvalue weighted by atomic mass is 35.5. The second-order valence-electron chi connectivity index (χ2n) is 5.73. The Balaban J connectivity index is 2.01. The Labute approximate surface area is 170 Å². The van der Waals surface area contributed by atoms with Crippen LogP contribution >= 0.6 is 23.2 Å². The molecule has 0 heterocycles.